The summed E-state index contributed by atoms with van der Waals surface area (Å²) in [5, 5.41) is 6.76. The number of hydrogen-bond donors (Lipinski definition) is 1. The van der Waals surface area contributed by atoms with Gasteiger partial charge in [-0.1, -0.05) is 23.4 Å². The van der Waals surface area contributed by atoms with Gasteiger partial charge < -0.3 is 19.5 Å². The van der Waals surface area contributed by atoms with Gasteiger partial charge in [0.15, 0.2) is 0 Å². The molecule has 1 saturated heterocycles. The molecule has 0 aliphatic carbocycles. The van der Waals surface area contributed by atoms with Gasteiger partial charge in [-0.3, -0.25) is 0 Å². The van der Waals surface area contributed by atoms with Crippen molar-refractivity contribution in [2.75, 3.05) is 23.9 Å². The van der Waals surface area contributed by atoms with Gasteiger partial charge in [0.2, 0.25) is 0 Å². The smallest absolute Gasteiger partial charge is 0.408 e. The molecule has 1 aromatic carbocycles. The van der Waals surface area contributed by atoms with Crippen molar-refractivity contribution in [3.05, 3.63) is 46.8 Å². The van der Waals surface area contributed by atoms with E-state index in [9.17, 15) is 4.79 Å². The van der Waals surface area contributed by atoms with Crippen LogP contribution in [0.25, 0.3) is 0 Å². The Balaban J connectivity index is 1.35. The molecule has 2 heterocycles. The average Bonchev–Trinajstić information content (AvgIpc) is 2.98. The molecule has 0 atom stereocenters. The first-order valence-electron chi connectivity index (χ1n) is 9.29. The van der Waals surface area contributed by atoms with Crippen LogP contribution >= 0.6 is 11.8 Å². The monoisotopic (exact) mass is 389 g/mol. The topological polar surface area (TPSA) is 67.6 Å². The maximum atomic E-state index is 12.0. The number of carbonyl (C=O) groups excluding carboxylic acids is 1. The van der Waals surface area contributed by atoms with E-state index in [0.29, 0.717) is 5.88 Å². The highest BCUT2D eigenvalue weighted by atomic mass is 32.2. The van der Waals surface area contributed by atoms with Crippen molar-refractivity contribution in [2.45, 2.75) is 45.5 Å². The summed E-state index contributed by atoms with van der Waals surface area (Å²) in [5.74, 6) is 2.10. The number of anilines is 1. The Morgan fingerprint density at radius 1 is 1.30 bits per heavy atom. The zero-order valence-electron chi connectivity index (χ0n) is 16.2. The number of carbonyl (C=O) groups is 1. The van der Waals surface area contributed by atoms with Crippen LogP contribution in [0.1, 0.15) is 35.4 Å². The number of para-hydroxylation sites is 1. The fraction of sp³-hybridized carbons (Fsp3) is 0.500. The van der Waals surface area contributed by atoms with Crippen molar-refractivity contribution in [2.24, 2.45) is 0 Å². The highest BCUT2D eigenvalue weighted by molar-refractivity contribution is 7.98. The van der Waals surface area contributed by atoms with Crippen molar-refractivity contribution in [3.8, 4) is 0 Å². The number of benzene rings is 1. The van der Waals surface area contributed by atoms with Crippen LogP contribution in [0.4, 0.5) is 10.5 Å². The van der Waals surface area contributed by atoms with Crippen molar-refractivity contribution in [3.63, 3.8) is 0 Å². The summed E-state index contributed by atoms with van der Waals surface area (Å²) in [6.07, 6.45) is 1.36. The fourth-order valence-corrected chi connectivity index (χ4v) is 4.24. The first-order chi connectivity index (χ1) is 13.0. The molecule has 1 N–H and O–H groups in total. The van der Waals surface area contributed by atoms with Crippen LogP contribution in [-0.2, 0) is 10.5 Å². The van der Waals surface area contributed by atoms with Crippen LogP contribution < -0.4 is 10.2 Å². The average molecular weight is 390 g/mol. The van der Waals surface area contributed by atoms with E-state index in [1.807, 2.05) is 13.8 Å². The maximum Gasteiger partial charge on any atom is 0.408 e. The van der Waals surface area contributed by atoms with E-state index < -0.39 is 0 Å². The number of rotatable bonds is 6. The minimum absolute atomic E-state index is 0.0159. The molecule has 3 rings (SSSR count). The van der Waals surface area contributed by atoms with E-state index in [1.165, 1.54) is 11.3 Å². The van der Waals surface area contributed by atoms with E-state index in [2.05, 4.69) is 46.6 Å². The third kappa shape index (κ3) is 5.19. The van der Waals surface area contributed by atoms with Gasteiger partial charge in [0.05, 0.1) is 11.6 Å². The second kappa shape index (κ2) is 9.17. The number of thioether (sulfide) groups is 1. The van der Waals surface area contributed by atoms with Crippen LogP contribution in [0, 0.1) is 20.8 Å². The lowest BCUT2D eigenvalue weighted by molar-refractivity contribution is 0.0845. The highest BCUT2D eigenvalue weighted by Gasteiger charge is 2.23. The third-order valence-electron chi connectivity index (χ3n) is 4.92. The minimum atomic E-state index is -0.337. The summed E-state index contributed by atoms with van der Waals surface area (Å²) >= 11 is 1.61. The largest absolute Gasteiger partial charge is 0.446 e. The summed E-state index contributed by atoms with van der Waals surface area (Å²) in [6, 6.07) is 8.41. The van der Waals surface area contributed by atoms with Crippen molar-refractivity contribution < 1.29 is 14.1 Å². The van der Waals surface area contributed by atoms with Crippen molar-refractivity contribution >= 4 is 23.5 Å². The molecule has 1 aliphatic rings. The number of nitrogens with zero attached hydrogens (tertiary/aromatic N) is 2. The van der Waals surface area contributed by atoms with Gasteiger partial charge in [-0.15, -0.1) is 11.8 Å². The van der Waals surface area contributed by atoms with Gasteiger partial charge in [0.1, 0.15) is 11.9 Å². The predicted molar refractivity (Wildman–Crippen MR) is 108 cm³/mol. The Morgan fingerprint density at radius 2 is 2.04 bits per heavy atom. The molecular formula is C20H27N3O3S. The lowest BCUT2D eigenvalue weighted by atomic mass is 10.1. The summed E-state index contributed by atoms with van der Waals surface area (Å²) in [4.78, 5) is 14.4. The second-order valence-corrected chi connectivity index (χ2v) is 7.84. The second-order valence-electron chi connectivity index (χ2n) is 6.85. The van der Waals surface area contributed by atoms with Crippen LogP contribution in [0.5, 0.6) is 0 Å². The Bertz CT molecular complexity index is 750. The zero-order valence-corrected chi connectivity index (χ0v) is 17.0. The number of aryl methyl sites for hydroxylation is 3. The first kappa shape index (κ1) is 19.6. The molecule has 1 fully saturated rings. The van der Waals surface area contributed by atoms with Crippen LogP contribution in [0.3, 0.4) is 0 Å². The summed E-state index contributed by atoms with van der Waals surface area (Å²) in [6.45, 7) is 7.77. The molecule has 0 bridgehead atoms. The Hall–Kier alpha value is -2.15. The van der Waals surface area contributed by atoms with E-state index in [-0.39, 0.29) is 12.2 Å². The van der Waals surface area contributed by atoms with E-state index in [4.69, 9.17) is 9.26 Å². The summed E-state index contributed by atoms with van der Waals surface area (Å²) in [7, 11) is 0. The van der Waals surface area contributed by atoms with Gasteiger partial charge >= 0.3 is 6.09 Å². The van der Waals surface area contributed by atoms with E-state index in [1.54, 1.807) is 11.8 Å². The quantitative estimate of drug-likeness (QED) is 0.590. The lowest BCUT2D eigenvalue weighted by Gasteiger charge is -2.34. The number of nitrogens with one attached hydrogen (secondary N) is 1. The van der Waals surface area contributed by atoms with E-state index in [0.717, 1.165) is 48.7 Å². The molecule has 1 aliphatic heterocycles. The number of aromatic nitrogens is 1. The Labute approximate surface area is 164 Å². The van der Waals surface area contributed by atoms with E-state index >= 15 is 0 Å². The molecule has 0 radical (unpaired) electrons. The predicted octanol–water partition coefficient (Wildman–Crippen LogP) is 4.19. The molecule has 0 saturated carbocycles. The molecule has 0 spiro atoms. The van der Waals surface area contributed by atoms with Crippen LogP contribution in [0.2, 0.25) is 0 Å². The molecular weight excluding hydrogens is 362 g/mol. The molecule has 7 heteroatoms. The molecule has 1 amide bonds. The molecule has 1 aromatic heterocycles. The first-order valence-corrected chi connectivity index (χ1v) is 10.4. The molecule has 2 aromatic rings. The number of piperidine rings is 1. The number of hydrogen-bond acceptors (Lipinski definition) is 6. The lowest BCUT2D eigenvalue weighted by Crippen LogP contribution is -2.39. The maximum absolute atomic E-state index is 12.0. The SMILES string of the molecule is Cc1ccccc1N1CCC(OC(=O)NCSCc2c(C)noc2C)CC1. The van der Waals surface area contributed by atoms with Crippen LogP contribution in [0.15, 0.2) is 28.8 Å². The molecule has 6 nitrogen and oxygen atoms in total. The molecule has 146 valence electrons. The van der Waals surface area contributed by atoms with Gasteiger partial charge in [-0.05, 0) is 32.4 Å². The van der Waals surface area contributed by atoms with Gasteiger partial charge in [0, 0.05) is 42.9 Å². The summed E-state index contributed by atoms with van der Waals surface area (Å²) < 4.78 is 10.7. The van der Waals surface area contributed by atoms with Crippen molar-refractivity contribution in [1.29, 1.82) is 0 Å². The van der Waals surface area contributed by atoms with Crippen molar-refractivity contribution in [1.82, 2.24) is 10.5 Å². The van der Waals surface area contributed by atoms with Gasteiger partial charge in [0.25, 0.3) is 0 Å². The number of alkyl carbamates (subject to hydrolysis) is 1. The zero-order chi connectivity index (χ0) is 19.2. The highest BCUT2D eigenvalue weighted by Crippen LogP contribution is 2.24. The molecule has 0 unspecified atom stereocenters. The fourth-order valence-electron chi connectivity index (χ4n) is 3.30. The van der Waals surface area contributed by atoms with Gasteiger partial charge in [-0.2, -0.15) is 0 Å². The van der Waals surface area contributed by atoms with Gasteiger partial charge in [-0.25, -0.2) is 4.79 Å². The van der Waals surface area contributed by atoms with Crippen LogP contribution in [-0.4, -0.2) is 36.3 Å². The molecule has 27 heavy (non-hydrogen) atoms. The standard InChI is InChI=1S/C20H27N3O3S/c1-14-6-4-5-7-19(14)23-10-8-17(9-11-23)25-20(24)21-13-27-12-18-15(2)22-26-16(18)3/h4-7,17H,8-13H2,1-3H3,(H,21,24). The Kier molecular flexibility index (Phi) is 6.66. The normalized spacial score (nSPS) is 15.0. The minimum Gasteiger partial charge on any atom is -0.446 e. The third-order valence-corrected chi connectivity index (χ3v) is 5.76. The number of ether oxygens (including phenoxy) is 1. The number of amides is 1. The summed E-state index contributed by atoms with van der Waals surface area (Å²) in [5.41, 5.74) is 4.56. The Morgan fingerprint density at radius 3 is 2.70 bits per heavy atom.